The first-order valence-electron chi connectivity index (χ1n) is 15.4. The van der Waals surface area contributed by atoms with Gasteiger partial charge in [-0.1, -0.05) is 43.2 Å². The van der Waals surface area contributed by atoms with Crippen LogP contribution in [0.15, 0.2) is 90.0 Å². The SMILES string of the molecule is NCCCCCCC(=O)NC(Cc1ccccc1)C(=O)N1C/C(=C\c2ccc([N+](=O)[O-])cc2)C(=O)/C(=C/c2ccc([N+](=O)[O-])cc2)C1. The summed E-state index contributed by atoms with van der Waals surface area (Å²) in [6.45, 7) is 0.498. The molecule has 2 amide bonds. The summed E-state index contributed by atoms with van der Waals surface area (Å²) in [6.07, 6.45) is 7.00. The molecule has 1 unspecified atom stereocenters. The molecule has 47 heavy (non-hydrogen) atoms. The molecule has 0 aliphatic carbocycles. The van der Waals surface area contributed by atoms with Gasteiger partial charge in [0.15, 0.2) is 5.78 Å². The van der Waals surface area contributed by atoms with Crippen molar-refractivity contribution in [1.82, 2.24) is 10.2 Å². The fourth-order valence-electron chi connectivity index (χ4n) is 5.30. The van der Waals surface area contributed by atoms with Crippen LogP contribution in [0.25, 0.3) is 12.2 Å². The molecule has 12 heteroatoms. The summed E-state index contributed by atoms with van der Waals surface area (Å²) in [6, 6.07) is 19.8. The van der Waals surface area contributed by atoms with Crippen molar-refractivity contribution in [3.63, 3.8) is 0 Å². The lowest BCUT2D eigenvalue weighted by atomic mass is 9.93. The summed E-state index contributed by atoms with van der Waals surface area (Å²) in [5.41, 5.74) is 7.83. The number of nitro benzene ring substituents is 2. The van der Waals surface area contributed by atoms with E-state index in [9.17, 15) is 34.6 Å². The minimum atomic E-state index is -0.900. The number of carbonyl (C=O) groups excluding carboxylic acids is 3. The third kappa shape index (κ3) is 10.00. The third-order valence-corrected chi connectivity index (χ3v) is 7.78. The number of benzene rings is 3. The monoisotopic (exact) mass is 639 g/mol. The molecule has 0 saturated carbocycles. The fourth-order valence-corrected chi connectivity index (χ4v) is 5.30. The number of nitrogens with one attached hydrogen (secondary N) is 1. The maximum atomic E-state index is 14.2. The summed E-state index contributed by atoms with van der Waals surface area (Å²) in [4.78, 5) is 63.6. The largest absolute Gasteiger partial charge is 0.344 e. The summed E-state index contributed by atoms with van der Waals surface area (Å²) < 4.78 is 0. The lowest BCUT2D eigenvalue weighted by Gasteiger charge is -2.33. The molecule has 1 heterocycles. The van der Waals surface area contributed by atoms with Gasteiger partial charge in [0.2, 0.25) is 11.8 Å². The quantitative estimate of drug-likeness (QED) is 0.107. The van der Waals surface area contributed by atoms with E-state index in [0.29, 0.717) is 24.1 Å². The van der Waals surface area contributed by atoms with Crippen molar-refractivity contribution in [2.45, 2.75) is 44.6 Å². The Kier molecular flexibility index (Phi) is 12.2. The van der Waals surface area contributed by atoms with Gasteiger partial charge in [-0.2, -0.15) is 0 Å². The number of nitrogens with zero attached hydrogens (tertiary/aromatic N) is 3. The van der Waals surface area contributed by atoms with Crippen LogP contribution in [-0.2, 0) is 20.8 Å². The second-order valence-corrected chi connectivity index (χ2v) is 11.3. The second kappa shape index (κ2) is 16.7. The van der Waals surface area contributed by atoms with Gasteiger partial charge in [0.1, 0.15) is 6.04 Å². The summed E-state index contributed by atoms with van der Waals surface area (Å²) in [5.74, 6) is -0.947. The molecule has 1 fully saturated rings. The molecule has 0 bridgehead atoms. The fraction of sp³-hybridized carbons (Fsp3) is 0.286. The van der Waals surface area contributed by atoms with Crippen LogP contribution in [-0.4, -0.2) is 58.0 Å². The van der Waals surface area contributed by atoms with E-state index in [2.05, 4.69) is 5.32 Å². The molecule has 0 radical (unpaired) electrons. The van der Waals surface area contributed by atoms with Crippen molar-refractivity contribution in [3.05, 3.63) is 127 Å². The van der Waals surface area contributed by atoms with Crippen molar-refractivity contribution in [3.8, 4) is 0 Å². The van der Waals surface area contributed by atoms with Gasteiger partial charge < -0.3 is 16.0 Å². The van der Waals surface area contributed by atoms with Crippen molar-refractivity contribution in [1.29, 1.82) is 0 Å². The highest BCUT2D eigenvalue weighted by Crippen LogP contribution is 2.25. The van der Waals surface area contributed by atoms with E-state index in [1.54, 1.807) is 12.2 Å². The summed E-state index contributed by atoms with van der Waals surface area (Å²) >= 11 is 0. The number of ketones is 1. The van der Waals surface area contributed by atoms with E-state index >= 15 is 0 Å². The molecule has 1 atom stereocenters. The van der Waals surface area contributed by atoms with E-state index in [1.807, 2.05) is 30.3 Å². The standard InChI is InChI=1S/C35H37N5O7/c36-19-7-2-1-6-10-33(41)37-32(22-25-8-4-3-5-9-25)35(43)38-23-28(20-26-11-15-30(16-12-26)39(44)45)34(42)29(24-38)21-27-13-17-31(18-14-27)40(46)47/h3-5,8-9,11-18,20-21,32H,1-2,6-7,10,19,22-24,36H2,(H,37,41)/b28-20+,29-21+. The number of hydrogen-bond acceptors (Lipinski definition) is 8. The normalized spacial score (nSPS) is 15.4. The molecule has 3 N–H and O–H groups in total. The van der Waals surface area contributed by atoms with Crippen molar-refractivity contribution < 1.29 is 24.2 Å². The summed E-state index contributed by atoms with van der Waals surface area (Å²) in [7, 11) is 0. The van der Waals surface area contributed by atoms with E-state index in [4.69, 9.17) is 5.73 Å². The molecule has 3 aromatic carbocycles. The highest BCUT2D eigenvalue weighted by Gasteiger charge is 2.33. The van der Waals surface area contributed by atoms with Gasteiger partial charge in [0.05, 0.1) is 9.85 Å². The van der Waals surface area contributed by atoms with Crippen LogP contribution in [0.3, 0.4) is 0 Å². The molecule has 0 aromatic heterocycles. The Labute approximate surface area is 272 Å². The number of Topliss-reactive ketones (excluding diaryl/α,β-unsaturated/α-hetero) is 1. The highest BCUT2D eigenvalue weighted by atomic mass is 16.6. The molecule has 244 valence electrons. The van der Waals surface area contributed by atoms with Gasteiger partial charge in [-0.05, 0) is 72.5 Å². The van der Waals surface area contributed by atoms with Crippen LogP contribution in [0.5, 0.6) is 0 Å². The number of amides is 2. The number of carbonyl (C=O) groups is 3. The Morgan fingerprint density at radius 3 is 1.79 bits per heavy atom. The zero-order valence-corrected chi connectivity index (χ0v) is 25.9. The van der Waals surface area contributed by atoms with Gasteiger partial charge in [-0.3, -0.25) is 34.6 Å². The first-order valence-corrected chi connectivity index (χ1v) is 15.4. The van der Waals surface area contributed by atoms with E-state index in [-0.39, 0.29) is 66.0 Å². The predicted octanol–water partition coefficient (Wildman–Crippen LogP) is 5.02. The number of unbranched alkanes of at least 4 members (excludes halogenated alkanes) is 3. The smallest absolute Gasteiger partial charge is 0.269 e. The third-order valence-electron chi connectivity index (χ3n) is 7.78. The topological polar surface area (TPSA) is 179 Å². The predicted molar refractivity (Wildman–Crippen MR) is 178 cm³/mol. The van der Waals surface area contributed by atoms with Crippen LogP contribution in [0.2, 0.25) is 0 Å². The second-order valence-electron chi connectivity index (χ2n) is 11.3. The molecule has 3 aromatic rings. The molecule has 1 saturated heterocycles. The van der Waals surface area contributed by atoms with Gasteiger partial charge in [-0.15, -0.1) is 0 Å². The van der Waals surface area contributed by atoms with Crippen molar-refractivity contribution in [2.75, 3.05) is 19.6 Å². The molecule has 0 spiro atoms. The first-order chi connectivity index (χ1) is 22.6. The summed E-state index contributed by atoms with van der Waals surface area (Å²) in [5, 5.41) is 25.2. The number of nitro groups is 2. The van der Waals surface area contributed by atoms with Gasteiger partial charge in [-0.25, -0.2) is 0 Å². The lowest BCUT2D eigenvalue weighted by Crippen LogP contribution is -2.52. The molecule has 4 rings (SSSR count). The maximum Gasteiger partial charge on any atom is 0.269 e. The first kappa shape index (κ1) is 34.4. The van der Waals surface area contributed by atoms with E-state index < -0.39 is 15.9 Å². The molecular weight excluding hydrogens is 602 g/mol. The van der Waals surface area contributed by atoms with Crippen LogP contribution >= 0.6 is 0 Å². The number of likely N-dealkylation sites (tertiary alicyclic amines) is 1. The highest BCUT2D eigenvalue weighted by molar-refractivity contribution is 6.15. The number of hydrogen-bond donors (Lipinski definition) is 2. The van der Waals surface area contributed by atoms with Crippen molar-refractivity contribution in [2.24, 2.45) is 5.73 Å². The Morgan fingerprint density at radius 1 is 0.787 bits per heavy atom. The Balaban J connectivity index is 1.65. The molecule has 1 aliphatic rings. The zero-order valence-electron chi connectivity index (χ0n) is 25.9. The van der Waals surface area contributed by atoms with Crippen LogP contribution < -0.4 is 11.1 Å². The van der Waals surface area contributed by atoms with Crippen molar-refractivity contribution >= 4 is 41.1 Å². The Hall–Kier alpha value is -5.49. The molecule has 1 aliphatic heterocycles. The van der Waals surface area contributed by atoms with Gasteiger partial charge in [0, 0.05) is 61.3 Å². The number of nitrogens with two attached hydrogens (primary N) is 1. The van der Waals surface area contributed by atoms with E-state index in [0.717, 1.165) is 24.8 Å². The molecule has 12 nitrogen and oxygen atoms in total. The lowest BCUT2D eigenvalue weighted by molar-refractivity contribution is -0.385. The average molecular weight is 640 g/mol. The Bertz CT molecular complexity index is 1570. The van der Waals surface area contributed by atoms with Crippen LogP contribution in [0.1, 0.15) is 48.8 Å². The van der Waals surface area contributed by atoms with Gasteiger partial charge >= 0.3 is 0 Å². The van der Waals surface area contributed by atoms with Crippen LogP contribution in [0.4, 0.5) is 11.4 Å². The number of non-ortho nitro benzene ring substituents is 2. The minimum Gasteiger partial charge on any atom is -0.344 e. The molecular formula is C35H37N5O7. The van der Waals surface area contributed by atoms with Gasteiger partial charge in [0.25, 0.3) is 11.4 Å². The number of rotatable bonds is 14. The maximum absolute atomic E-state index is 14.2. The Morgan fingerprint density at radius 2 is 1.30 bits per heavy atom. The van der Waals surface area contributed by atoms with E-state index in [1.165, 1.54) is 53.4 Å². The minimum absolute atomic E-state index is 0.0491. The number of piperidine rings is 1. The van der Waals surface area contributed by atoms with Crippen LogP contribution in [0, 0.1) is 20.2 Å². The average Bonchev–Trinajstić information content (AvgIpc) is 3.06. The zero-order chi connectivity index (χ0) is 33.8.